The molecule has 0 unspecified atom stereocenters. The lowest BCUT2D eigenvalue weighted by molar-refractivity contribution is -0.203. The van der Waals surface area contributed by atoms with Crippen LogP contribution in [0.25, 0.3) is 0 Å². The normalized spacial score (nSPS) is 43.6. The second-order valence-corrected chi connectivity index (χ2v) is 3.17. The van der Waals surface area contributed by atoms with Gasteiger partial charge in [0.25, 0.3) is 0 Å². The van der Waals surface area contributed by atoms with E-state index in [0.29, 0.717) is 0 Å². The van der Waals surface area contributed by atoms with Crippen molar-refractivity contribution in [2.24, 2.45) is 5.73 Å². The summed E-state index contributed by atoms with van der Waals surface area (Å²) >= 11 is 0. The first-order valence-corrected chi connectivity index (χ1v) is 4.10. The molecule has 1 aliphatic rings. The molecule has 1 fully saturated rings. The second-order valence-electron chi connectivity index (χ2n) is 3.17. The first kappa shape index (κ1) is 11.3. The Hall–Kier alpha value is -0.730. The van der Waals surface area contributed by atoms with Gasteiger partial charge in [-0.1, -0.05) is 0 Å². The molecule has 1 aliphatic heterocycles. The highest BCUT2D eigenvalue weighted by Gasteiger charge is 2.45. The maximum absolute atomic E-state index is 10.6. The van der Waals surface area contributed by atoms with Gasteiger partial charge in [0.1, 0.15) is 12.2 Å². The van der Waals surface area contributed by atoms with Gasteiger partial charge in [0, 0.05) is 0 Å². The highest BCUT2D eigenvalue weighted by molar-refractivity contribution is 5.73. The Kier molecular flexibility index (Phi) is 3.40. The highest BCUT2D eigenvalue weighted by atomic mass is 16.5. The molecule has 5 atom stereocenters. The molecular weight excluding hydrogens is 194 g/mol. The molecule has 14 heavy (non-hydrogen) atoms. The molecule has 0 saturated carbocycles. The third-order valence-corrected chi connectivity index (χ3v) is 2.23. The largest absolute Gasteiger partial charge is 0.479 e. The molecule has 6 N–H and O–H groups in total. The van der Waals surface area contributed by atoms with E-state index >= 15 is 0 Å². The molecule has 0 radical (unpaired) electrons. The molecule has 0 aromatic heterocycles. The summed E-state index contributed by atoms with van der Waals surface area (Å²) in [6.45, 7) is -0.505. The molecular formula is C7H13NO6. The van der Waals surface area contributed by atoms with Gasteiger partial charge < -0.3 is 30.9 Å². The Bertz CT molecular complexity index is 220. The van der Waals surface area contributed by atoms with Crippen LogP contribution in [0.15, 0.2) is 0 Å². The van der Waals surface area contributed by atoms with Crippen LogP contribution in [0.3, 0.4) is 0 Å². The van der Waals surface area contributed by atoms with E-state index in [1.54, 1.807) is 0 Å². The van der Waals surface area contributed by atoms with Crippen molar-refractivity contribution in [2.45, 2.75) is 30.5 Å². The van der Waals surface area contributed by atoms with Gasteiger partial charge in [-0.3, -0.25) is 0 Å². The Morgan fingerprint density at radius 1 is 1.36 bits per heavy atom. The number of carboxylic acid groups (broad SMARTS) is 1. The van der Waals surface area contributed by atoms with Crippen molar-refractivity contribution in [2.75, 3.05) is 6.61 Å². The number of aliphatic hydroxyl groups is 3. The lowest BCUT2D eigenvalue weighted by atomic mass is 9.94. The van der Waals surface area contributed by atoms with E-state index in [2.05, 4.69) is 0 Å². The molecule has 7 nitrogen and oxygen atoms in total. The van der Waals surface area contributed by atoms with Gasteiger partial charge in [-0.25, -0.2) is 4.79 Å². The first-order valence-electron chi connectivity index (χ1n) is 4.10. The number of nitrogens with two attached hydrogens (primary N) is 1. The maximum Gasteiger partial charge on any atom is 0.335 e. The molecule has 1 rings (SSSR count). The van der Waals surface area contributed by atoms with Crippen LogP contribution in [0.2, 0.25) is 0 Å². The summed E-state index contributed by atoms with van der Waals surface area (Å²) in [6, 6.07) is -0.995. The number of rotatable bonds is 2. The van der Waals surface area contributed by atoms with Gasteiger partial charge in [-0.2, -0.15) is 0 Å². The van der Waals surface area contributed by atoms with Crippen molar-refractivity contribution in [3.8, 4) is 0 Å². The van der Waals surface area contributed by atoms with Crippen molar-refractivity contribution in [3.05, 3.63) is 0 Å². The van der Waals surface area contributed by atoms with Crippen molar-refractivity contribution in [1.82, 2.24) is 0 Å². The Labute approximate surface area is 79.7 Å². The molecule has 0 spiro atoms. The van der Waals surface area contributed by atoms with Crippen LogP contribution >= 0.6 is 0 Å². The lowest BCUT2D eigenvalue weighted by Crippen LogP contribution is -2.63. The zero-order valence-corrected chi connectivity index (χ0v) is 7.28. The van der Waals surface area contributed by atoms with Crippen LogP contribution in [0.1, 0.15) is 0 Å². The van der Waals surface area contributed by atoms with Gasteiger partial charge in [-0.05, 0) is 0 Å². The minimum Gasteiger partial charge on any atom is -0.479 e. The minimum absolute atomic E-state index is 0.505. The van der Waals surface area contributed by atoms with Crippen LogP contribution in [-0.2, 0) is 9.53 Å². The maximum atomic E-state index is 10.6. The molecule has 0 bridgehead atoms. The predicted molar refractivity (Wildman–Crippen MR) is 43.4 cm³/mol. The Balaban J connectivity index is 2.78. The van der Waals surface area contributed by atoms with Crippen LogP contribution in [0, 0.1) is 0 Å². The summed E-state index contributed by atoms with van der Waals surface area (Å²) in [5.74, 6) is -1.40. The Morgan fingerprint density at radius 2 is 1.93 bits per heavy atom. The van der Waals surface area contributed by atoms with Gasteiger partial charge in [0.2, 0.25) is 0 Å². The highest BCUT2D eigenvalue weighted by Crippen LogP contribution is 2.19. The average molecular weight is 207 g/mol. The van der Waals surface area contributed by atoms with E-state index in [1.807, 2.05) is 0 Å². The molecule has 1 heterocycles. The second kappa shape index (κ2) is 4.20. The van der Waals surface area contributed by atoms with Crippen LogP contribution in [0.4, 0.5) is 0 Å². The van der Waals surface area contributed by atoms with E-state index in [0.717, 1.165) is 0 Å². The molecule has 0 amide bonds. The van der Waals surface area contributed by atoms with Gasteiger partial charge in [0.05, 0.1) is 18.8 Å². The van der Waals surface area contributed by atoms with E-state index in [1.165, 1.54) is 0 Å². The van der Waals surface area contributed by atoms with E-state index in [9.17, 15) is 15.0 Å². The fourth-order valence-corrected chi connectivity index (χ4v) is 1.36. The lowest BCUT2D eigenvalue weighted by Gasteiger charge is -2.38. The minimum atomic E-state index is -1.58. The number of carbonyl (C=O) groups is 1. The van der Waals surface area contributed by atoms with E-state index in [-0.39, 0.29) is 0 Å². The van der Waals surface area contributed by atoms with Crippen molar-refractivity contribution >= 4 is 5.97 Å². The van der Waals surface area contributed by atoms with E-state index < -0.39 is 43.0 Å². The number of hydrogen-bond acceptors (Lipinski definition) is 6. The van der Waals surface area contributed by atoms with Gasteiger partial charge in [0.15, 0.2) is 6.10 Å². The topological polar surface area (TPSA) is 133 Å². The number of aliphatic carboxylic acids is 1. The summed E-state index contributed by atoms with van der Waals surface area (Å²) in [5.41, 5.74) is 5.40. The van der Waals surface area contributed by atoms with Crippen molar-refractivity contribution in [3.63, 3.8) is 0 Å². The molecule has 0 aromatic rings. The van der Waals surface area contributed by atoms with Crippen LogP contribution in [0.5, 0.6) is 0 Å². The van der Waals surface area contributed by atoms with Gasteiger partial charge >= 0.3 is 5.97 Å². The van der Waals surface area contributed by atoms with Crippen LogP contribution in [-0.4, -0.2) is 63.5 Å². The standard InChI is InChI=1S/C7H13NO6/c8-3-2(1-9)14-6(7(12)13)5(11)4(3)10/h2-6,9-11H,1,8H2,(H,12,13)/t2-,3-,4+,5-,6-/m1/s1. The first-order chi connectivity index (χ1) is 6.49. The SMILES string of the molecule is N[C@H]1[C@H](O)[C@@H](O)[C@H](C(=O)O)O[C@@H]1CO. The summed E-state index contributed by atoms with van der Waals surface area (Å²) in [7, 11) is 0. The third kappa shape index (κ3) is 1.86. The molecule has 82 valence electrons. The van der Waals surface area contributed by atoms with E-state index in [4.69, 9.17) is 20.7 Å². The number of carboxylic acids is 1. The summed E-state index contributed by atoms with van der Waals surface area (Å²) < 4.78 is 4.81. The summed E-state index contributed by atoms with van der Waals surface area (Å²) in [6.07, 6.45) is -5.52. The zero-order chi connectivity index (χ0) is 10.9. The van der Waals surface area contributed by atoms with Crippen molar-refractivity contribution in [1.29, 1.82) is 0 Å². The monoisotopic (exact) mass is 207 g/mol. The number of aliphatic hydroxyl groups excluding tert-OH is 3. The quantitative estimate of drug-likeness (QED) is 0.323. The smallest absolute Gasteiger partial charge is 0.335 e. The molecule has 7 heteroatoms. The Morgan fingerprint density at radius 3 is 2.36 bits per heavy atom. The predicted octanol–water partition coefficient (Wildman–Crippen LogP) is -3.12. The average Bonchev–Trinajstić information content (AvgIpc) is 2.14. The van der Waals surface area contributed by atoms with Crippen molar-refractivity contribution < 1.29 is 30.0 Å². The number of ether oxygens (including phenoxy) is 1. The molecule has 1 saturated heterocycles. The summed E-state index contributed by atoms with van der Waals surface area (Å²) in [4.78, 5) is 10.6. The van der Waals surface area contributed by atoms with Crippen LogP contribution < -0.4 is 5.73 Å². The number of hydrogen-bond donors (Lipinski definition) is 5. The summed E-state index contributed by atoms with van der Waals surface area (Å²) in [5, 5.41) is 36.0. The third-order valence-electron chi connectivity index (χ3n) is 2.23. The fourth-order valence-electron chi connectivity index (χ4n) is 1.36. The molecule has 0 aromatic carbocycles. The fraction of sp³-hybridized carbons (Fsp3) is 0.857. The van der Waals surface area contributed by atoms with Gasteiger partial charge in [-0.15, -0.1) is 0 Å². The molecule has 0 aliphatic carbocycles. The zero-order valence-electron chi connectivity index (χ0n) is 7.28.